The molecule has 3 aromatic rings. The number of thioether (sulfide) groups is 1. The maximum absolute atomic E-state index is 12.3. The topological polar surface area (TPSA) is 110 Å². The molecule has 1 aromatic carbocycles. The summed E-state index contributed by atoms with van der Waals surface area (Å²) < 4.78 is 32.8. The Morgan fingerprint density at radius 3 is 2.73 bits per heavy atom. The summed E-state index contributed by atoms with van der Waals surface area (Å²) in [7, 11) is 1.05. The SMILES string of the molecule is CN(C)S(=O)(=O)c1ccc(Cl)c(NC(=O)CCSc2nnc(-c3ccco3)n2C)c1. The van der Waals surface area contributed by atoms with Crippen molar-refractivity contribution in [2.75, 3.05) is 25.2 Å². The van der Waals surface area contributed by atoms with E-state index in [0.29, 0.717) is 22.5 Å². The van der Waals surface area contributed by atoms with Crippen LogP contribution in [0.5, 0.6) is 0 Å². The van der Waals surface area contributed by atoms with Crippen LogP contribution in [0.3, 0.4) is 0 Å². The average Bonchev–Trinajstić information content (AvgIpc) is 3.33. The van der Waals surface area contributed by atoms with E-state index >= 15 is 0 Å². The second-order valence-electron chi connectivity index (χ2n) is 6.42. The summed E-state index contributed by atoms with van der Waals surface area (Å²) in [6.45, 7) is 0. The first-order chi connectivity index (χ1) is 14.2. The average molecular weight is 470 g/mol. The molecular formula is C18H20ClN5O4S2. The molecule has 1 N–H and O–H groups in total. The highest BCUT2D eigenvalue weighted by atomic mass is 35.5. The van der Waals surface area contributed by atoms with Crippen LogP contribution in [-0.2, 0) is 21.9 Å². The van der Waals surface area contributed by atoms with Crippen LogP contribution in [0.1, 0.15) is 6.42 Å². The molecule has 2 aromatic heterocycles. The van der Waals surface area contributed by atoms with E-state index in [2.05, 4.69) is 15.5 Å². The Morgan fingerprint density at radius 2 is 2.07 bits per heavy atom. The van der Waals surface area contributed by atoms with Gasteiger partial charge in [0.2, 0.25) is 15.9 Å². The number of carbonyl (C=O) groups is 1. The third-order valence-corrected chi connectivity index (χ3v) is 7.29. The Bertz CT molecular complexity index is 1140. The smallest absolute Gasteiger partial charge is 0.242 e. The number of sulfonamides is 1. The molecule has 9 nitrogen and oxygen atoms in total. The van der Waals surface area contributed by atoms with Crippen molar-refractivity contribution >= 4 is 45.0 Å². The van der Waals surface area contributed by atoms with Crippen molar-refractivity contribution in [3.05, 3.63) is 41.6 Å². The van der Waals surface area contributed by atoms with Gasteiger partial charge >= 0.3 is 0 Å². The largest absolute Gasteiger partial charge is 0.461 e. The zero-order valence-corrected chi connectivity index (χ0v) is 18.9. The Balaban J connectivity index is 1.61. The predicted octanol–water partition coefficient (Wildman–Crippen LogP) is 3.10. The molecule has 2 heterocycles. The van der Waals surface area contributed by atoms with Crippen LogP contribution < -0.4 is 5.32 Å². The molecule has 0 aliphatic rings. The molecule has 0 saturated carbocycles. The van der Waals surface area contributed by atoms with E-state index < -0.39 is 10.0 Å². The number of rotatable bonds is 8. The van der Waals surface area contributed by atoms with Crippen LogP contribution in [0.4, 0.5) is 5.69 Å². The van der Waals surface area contributed by atoms with Gasteiger partial charge in [-0.25, -0.2) is 12.7 Å². The van der Waals surface area contributed by atoms with Gasteiger partial charge < -0.3 is 14.3 Å². The summed E-state index contributed by atoms with van der Waals surface area (Å²) >= 11 is 7.48. The van der Waals surface area contributed by atoms with E-state index in [-0.39, 0.29) is 27.9 Å². The highest BCUT2D eigenvalue weighted by molar-refractivity contribution is 7.99. The molecule has 3 rings (SSSR count). The van der Waals surface area contributed by atoms with E-state index in [4.69, 9.17) is 16.0 Å². The monoisotopic (exact) mass is 469 g/mol. The fourth-order valence-electron chi connectivity index (χ4n) is 2.48. The van der Waals surface area contributed by atoms with Crippen molar-refractivity contribution in [1.82, 2.24) is 19.1 Å². The molecule has 0 bridgehead atoms. The minimum Gasteiger partial charge on any atom is -0.461 e. The lowest BCUT2D eigenvalue weighted by atomic mass is 10.3. The molecule has 0 fully saturated rings. The third-order valence-electron chi connectivity index (χ3n) is 4.13. The number of amides is 1. The molecule has 0 spiro atoms. The first-order valence-corrected chi connectivity index (χ1v) is 11.6. The number of hydrogen-bond acceptors (Lipinski definition) is 7. The number of nitrogens with one attached hydrogen (secondary N) is 1. The zero-order chi connectivity index (χ0) is 21.9. The predicted molar refractivity (Wildman–Crippen MR) is 115 cm³/mol. The van der Waals surface area contributed by atoms with E-state index in [1.54, 1.807) is 23.0 Å². The summed E-state index contributed by atoms with van der Waals surface area (Å²) in [6, 6.07) is 7.75. The zero-order valence-electron chi connectivity index (χ0n) is 16.5. The Hall–Kier alpha value is -2.34. The summed E-state index contributed by atoms with van der Waals surface area (Å²) in [4.78, 5) is 12.4. The molecule has 0 radical (unpaired) electrons. The van der Waals surface area contributed by atoms with Gasteiger partial charge in [-0.15, -0.1) is 10.2 Å². The van der Waals surface area contributed by atoms with Crippen LogP contribution in [0.25, 0.3) is 11.6 Å². The summed E-state index contributed by atoms with van der Waals surface area (Å²) in [5.74, 6) is 1.36. The number of nitrogens with zero attached hydrogens (tertiary/aromatic N) is 4. The van der Waals surface area contributed by atoms with E-state index in [9.17, 15) is 13.2 Å². The maximum Gasteiger partial charge on any atom is 0.242 e. The number of hydrogen-bond donors (Lipinski definition) is 1. The number of aromatic nitrogens is 3. The molecule has 12 heteroatoms. The standard InChI is InChI=1S/C18H20ClN5O4S2/c1-23(2)30(26,27)12-6-7-13(19)14(11-12)20-16(25)8-10-29-18-22-21-17(24(18)3)15-5-4-9-28-15/h4-7,9,11H,8,10H2,1-3H3,(H,20,25). The first-order valence-electron chi connectivity index (χ1n) is 8.78. The van der Waals surface area contributed by atoms with Gasteiger partial charge in [0.25, 0.3) is 0 Å². The molecule has 160 valence electrons. The fraction of sp³-hybridized carbons (Fsp3) is 0.278. The highest BCUT2D eigenvalue weighted by Gasteiger charge is 2.19. The van der Waals surface area contributed by atoms with E-state index in [1.165, 1.54) is 44.1 Å². The number of halogens is 1. The molecule has 30 heavy (non-hydrogen) atoms. The quantitative estimate of drug-likeness (QED) is 0.504. The van der Waals surface area contributed by atoms with Gasteiger partial charge in [-0.2, -0.15) is 0 Å². The second-order valence-corrected chi connectivity index (χ2v) is 10.0. The Morgan fingerprint density at radius 1 is 1.30 bits per heavy atom. The molecular weight excluding hydrogens is 450 g/mol. The van der Waals surface area contributed by atoms with Crippen LogP contribution in [0, 0.1) is 0 Å². The summed E-state index contributed by atoms with van der Waals surface area (Å²) in [5.41, 5.74) is 0.244. The maximum atomic E-state index is 12.3. The Labute approximate surface area is 183 Å². The molecule has 0 atom stereocenters. The number of anilines is 1. The minimum atomic E-state index is -3.63. The van der Waals surface area contributed by atoms with Crippen LogP contribution in [-0.4, -0.2) is 53.2 Å². The second kappa shape index (κ2) is 9.21. The first kappa shape index (κ1) is 22.3. The van der Waals surface area contributed by atoms with Gasteiger partial charge in [0.15, 0.2) is 16.7 Å². The van der Waals surface area contributed by atoms with Gasteiger partial charge in [0.1, 0.15) is 0 Å². The molecule has 0 aliphatic carbocycles. The lowest BCUT2D eigenvalue weighted by Crippen LogP contribution is -2.22. The summed E-state index contributed by atoms with van der Waals surface area (Å²) in [5, 5.41) is 11.8. The third kappa shape index (κ3) is 4.86. The van der Waals surface area contributed by atoms with Gasteiger partial charge in [-0.1, -0.05) is 23.4 Å². The van der Waals surface area contributed by atoms with Crippen LogP contribution in [0.15, 0.2) is 51.1 Å². The minimum absolute atomic E-state index is 0.0473. The van der Waals surface area contributed by atoms with Crippen molar-refractivity contribution in [2.45, 2.75) is 16.5 Å². The Kier molecular flexibility index (Phi) is 6.86. The van der Waals surface area contributed by atoms with Gasteiger partial charge in [0, 0.05) is 33.3 Å². The van der Waals surface area contributed by atoms with Gasteiger partial charge in [0.05, 0.1) is 21.9 Å². The van der Waals surface area contributed by atoms with Crippen molar-refractivity contribution < 1.29 is 17.6 Å². The lowest BCUT2D eigenvalue weighted by Gasteiger charge is -2.13. The van der Waals surface area contributed by atoms with Crippen molar-refractivity contribution in [3.63, 3.8) is 0 Å². The van der Waals surface area contributed by atoms with Crippen LogP contribution >= 0.6 is 23.4 Å². The normalized spacial score (nSPS) is 11.8. The van der Waals surface area contributed by atoms with E-state index in [1.807, 2.05) is 7.05 Å². The molecule has 1 amide bonds. The molecule has 0 unspecified atom stereocenters. The number of furan rings is 1. The fourth-order valence-corrected chi connectivity index (χ4v) is 4.42. The summed E-state index contributed by atoms with van der Waals surface area (Å²) in [6.07, 6.45) is 1.74. The van der Waals surface area contributed by atoms with E-state index in [0.717, 1.165) is 4.31 Å². The number of carbonyl (C=O) groups excluding carboxylic acids is 1. The van der Waals surface area contributed by atoms with Crippen molar-refractivity contribution in [2.24, 2.45) is 7.05 Å². The van der Waals surface area contributed by atoms with Crippen molar-refractivity contribution in [3.8, 4) is 11.6 Å². The molecule has 0 saturated heterocycles. The lowest BCUT2D eigenvalue weighted by molar-refractivity contribution is -0.115. The molecule has 0 aliphatic heterocycles. The highest BCUT2D eigenvalue weighted by Crippen LogP contribution is 2.27. The van der Waals surface area contributed by atoms with Crippen LogP contribution in [0.2, 0.25) is 5.02 Å². The van der Waals surface area contributed by atoms with Gasteiger partial charge in [-0.3, -0.25) is 4.79 Å². The van der Waals surface area contributed by atoms with Crippen molar-refractivity contribution in [1.29, 1.82) is 0 Å². The van der Waals surface area contributed by atoms with Gasteiger partial charge in [-0.05, 0) is 30.3 Å². The number of benzene rings is 1.